The number of nitrogens with one attached hydrogen (secondary N) is 2. The van der Waals surface area contributed by atoms with Crippen LogP contribution in [0.15, 0.2) is 86.0 Å². The van der Waals surface area contributed by atoms with Crippen LogP contribution in [0, 0.1) is 11.8 Å². The molecule has 0 unspecified atom stereocenters. The van der Waals surface area contributed by atoms with Gasteiger partial charge in [-0.15, -0.1) is 13.2 Å². The lowest BCUT2D eigenvalue weighted by Crippen LogP contribution is -2.47. The largest absolute Gasteiger partial charge is 0.455 e. The molecule has 222 valence electrons. The smallest absolute Gasteiger partial charge is 0.309 e. The monoisotopic (exact) mass is 564 g/mol. The summed E-state index contributed by atoms with van der Waals surface area (Å²) in [7, 11) is 1.51. The Morgan fingerprint density at radius 2 is 1.61 bits per heavy atom. The van der Waals surface area contributed by atoms with Crippen molar-refractivity contribution < 1.29 is 29.0 Å². The number of carbonyl (C=O) groups excluding carboxylic acids is 3. The average Bonchev–Trinajstić information content (AvgIpc) is 2.98. The molecule has 0 radical (unpaired) electrons. The van der Waals surface area contributed by atoms with Crippen molar-refractivity contribution in [1.29, 1.82) is 0 Å². The van der Waals surface area contributed by atoms with Crippen molar-refractivity contribution in [3.05, 3.63) is 97.1 Å². The topological polar surface area (TPSA) is 114 Å². The highest BCUT2D eigenvalue weighted by Gasteiger charge is 2.33. The standard InChI is InChI=1S/C33H44N2O6/c1-5-7-17-28(20-25-15-10-8-11-16-25)33(39)41-31(26-18-12-9-13-19-26)29(23-40-4)35-32(38)27(14-6-2)21-30(37)34-24(3)22-36/h5-6,8-13,15-16,18-19,24,27-29,31,36H,1-2,7,14,17,20-23H2,3-4H3,(H,34,37)(H,35,38)/t24-,27+,28-,29+,31+/m1/s1. The first-order valence-corrected chi connectivity index (χ1v) is 14.0. The molecule has 0 saturated carbocycles. The van der Waals surface area contributed by atoms with Gasteiger partial charge in [0.1, 0.15) is 6.10 Å². The lowest BCUT2D eigenvalue weighted by molar-refractivity contribution is -0.158. The van der Waals surface area contributed by atoms with Gasteiger partial charge in [-0.2, -0.15) is 0 Å². The number of benzene rings is 2. The summed E-state index contributed by atoms with van der Waals surface area (Å²) in [6.45, 7) is 9.07. The van der Waals surface area contributed by atoms with Crippen molar-refractivity contribution in [3.63, 3.8) is 0 Å². The predicted molar refractivity (Wildman–Crippen MR) is 160 cm³/mol. The molecule has 0 heterocycles. The van der Waals surface area contributed by atoms with Gasteiger partial charge in [-0.3, -0.25) is 14.4 Å². The van der Waals surface area contributed by atoms with E-state index < -0.39 is 30.0 Å². The summed E-state index contributed by atoms with van der Waals surface area (Å²) >= 11 is 0. The Labute approximate surface area is 243 Å². The van der Waals surface area contributed by atoms with Crippen LogP contribution in [0.1, 0.15) is 49.8 Å². The fraction of sp³-hybridized carbons (Fsp3) is 0.424. The molecule has 0 aliphatic carbocycles. The number of esters is 1. The Balaban J connectivity index is 2.31. The number of allylic oxidation sites excluding steroid dienone is 2. The van der Waals surface area contributed by atoms with Crippen LogP contribution >= 0.6 is 0 Å². The minimum absolute atomic E-state index is 0.0726. The lowest BCUT2D eigenvalue weighted by atomic mass is 9.94. The Bertz CT molecular complexity index is 1090. The van der Waals surface area contributed by atoms with E-state index in [2.05, 4.69) is 23.8 Å². The van der Waals surface area contributed by atoms with Crippen molar-refractivity contribution in [2.24, 2.45) is 11.8 Å². The summed E-state index contributed by atoms with van der Waals surface area (Å²) in [5.41, 5.74) is 1.73. The van der Waals surface area contributed by atoms with Gasteiger partial charge in [0, 0.05) is 19.6 Å². The zero-order valence-electron chi connectivity index (χ0n) is 24.2. The Hall–Kier alpha value is -3.75. The van der Waals surface area contributed by atoms with Crippen LogP contribution in [-0.2, 0) is 30.3 Å². The predicted octanol–water partition coefficient (Wildman–Crippen LogP) is 4.31. The summed E-state index contributed by atoms with van der Waals surface area (Å²) < 4.78 is 11.6. The Morgan fingerprint density at radius 3 is 2.20 bits per heavy atom. The molecule has 2 aromatic carbocycles. The number of aliphatic hydroxyl groups excluding tert-OH is 1. The van der Waals surface area contributed by atoms with Gasteiger partial charge in [-0.1, -0.05) is 72.8 Å². The van der Waals surface area contributed by atoms with Gasteiger partial charge in [0.05, 0.1) is 31.1 Å². The second-order valence-electron chi connectivity index (χ2n) is 10.2. The number of ether oxygens (including phenoxy) is 2. The fourth-order valence-corrected chi connectivity index (χ4v) is 4.54. The van der Waals surface area contributed by atoms with Crippen LogP contribution in [0.3, 0.4) is 0 Å². The zero-order valence-corrected chi connectivity index (χ0v) is 24.2. The molecule has 2 rings (SSSR count). The number of aliphatic hydroxyl groups is 1. The van der Waals surface area contributed by atoms with Gasteiger partial charge in [-0.05, 0) is 43.7 Å². The molecule has 41 heavy (non-hydrogen) atoms. The van der Waals surface area contributed by atoms with Crippen molar-refractivity contribution in [2.45, 2.75) is 57.2 Å². The Morgan fingerprint density at radius 1 is 0.951 bits per heavy atom. The maximum Gasteiger partial charge on any atom is 0.309 e. The third-order valence-electron chi connectivity index (χ3n) is 6.72. The van der Waals surface area contributed by atoms with E-state index >= 15 is 0 Å². The van der Waals surface area contributed by atoms with Gasteiger partial charge in [0.15, 0.2) is 0 Å². The van der Waals surface area contributed by atoms with Crippen LogP contribution in [0.5, 0.6) is 0 Å². The summed E-state index contributed by atoms with van der Waals surface area (Å²) in [4.78, 5) is 39.6. The maximum atomic E-state index is 13.6. The van der Waals surface area contributed by atoms with Crippen LogP contribution in [0.25, 0.3) is 0 Å². The second-order valence-corrected chi connectivity index (χ2v) is 10.2. The van der Waals surface area contributed by atoms with Crippen LogP contribution in [0.4, 0.5) is 0 Å². The zero-order chi connectivity index (χ0) is 30.0. The summed E-state index contributed by atoms with van der Waals surface area (Å²) in [6.07, 6.45) is 4.46. The Kier molecular flexibility index (Phi) is 15.2. The third kappa shape index (κ3) is 11.7. The van der Waals surface area contributed by atoms with E-state index in [9.17, 15) is 19.5 Å². The van der Waals surface area contributed by atoms with Gasteiger partial charge in [-0.25, -0.2) is 0 Å². The fourth-order valence-electron chi connectivity index (χ4n) is 4.54. The molecular weight excluding hydrogens is 520 g/mol. The van der Waals surface area contributed by atoms with E-state index in [0.29, 0.717) is 24.8 Å². The molecule has 0 aromatic heterocycles. The van der Waals surface area contributed by atoms with Crippen molar-refractivity contribution in [3.8, 4) is 0 Å². The number of hydrogen-bond donors (Lipinski definition) is 3. The molecule has 0 aliphatic rings. The van der Waals surface area contributed by atoms with E-state index in [1.807, 2.05) is 60.7 Å². The van der Waals surface area contributed by atoms with Crippen molar-refractivity contribution in [2.75, 3.05) is 20.3 Å². The van der Waals surface area contributed by atoms with E-state index in [1.165, 1.54) is 7.11 Å². The minimum Gasteiger partial charge on any atom is -0.455 e. The molecule has 2 aromatic rings. The molecule has 0 spiro atoms. The highest BCUT2D eigenvalue weighted by atomic mass is 16.5. The van der Waals surface area contributed by atoms with Crippen LogP contribution < -0.4 is 10.6 Å². The van der Waals surface area contributed by atoms with E-state index in [1.54, 1.807) is 19.1 Å². The molecule has 0 fully saturated rings. The molecule has 0 aliphatic heterocycles. The first kappa shape index (κ1) is 33.5. The van der Waals surface area contributed by atoms with Gasteiger partial charge in [0.25, 0.3) is 0 Å². The number of carbonyl (C=O) groups is 3. The van der Waals surface area contributed by atoms with Gasteiger partial charge in [0.2, 0.25) is 11.8 Å². The van der Waals surface area contributed by atoms with E-state index in [0.717, 1.165) is 5.56 Å². The molecule has 8 nitrogen and oxygen atoms in total. The number of rotatable bonds is 19. The van der Waals surface area contributed by atoms with Crippen molar-refractivity contribution >= 4 is 17.8 Å². The number of methoxy groups -OCH3 is 1. The van der Waals surface area contributed by atoms with E-state index in [-0.39, 0.29) is 43.8 Å². The number of amides is 2. The molecule has 2 amide bonds. The number of hydrogen-bond acceptors (Lipinski definition) is 6. The third-order valence-corrected chi connectivity index (χ3v) is 6.72. The van der Waals surface area contributed by atoms with Crippen LogP contribution in [-0.4, -0.2) is 55.3 Å². The second kappa shape index (κ2) is 18.6. The van der Waals surface area contributed by atoms with Crippen LogP contribution in [0.2, 0.25) is 0 Å². The average molecular weight is 565 g/mol. The lowest BCUT2D eigenvalue weighted by Gasteiger charge is -2.30. The summed E-state index contributed by atoms with van der Waals surface area (Å²) in [5, 5.41) is 14.9. The minimum atomic E-state index is -0.831. The molecule has 5 atom stereocenters. The highest BCUT2D eigenvalue weighted by Crippen LogP contribution is 2.27. The van der Waals surface area contributed by atoms with E-state index in [4.69, 9.17) is 9.47 Å². The maximum absolute atomic E-state index is 13.6. The first-order chi connectivity index (χ1) is 19.8. The van der Waals surface area contributed by atoms with Gasteiger partial charge < -0.3 is 25.2 Å². The highest BCUT2D eigenvalue weighted by molar-refractivity contribution is 5.86. The normalized spacial score (nSPS) is 14.5. The molecule has 8 heteroatoms. The molecule has 3 N–H and O–H groups in total. The summed E-state index contributed by atoms with van der Waals surface area (Å²) in [5.74, 6) is -2.23. The first-order valence-electron chi connectivity index (χ1n) is 14.0. The summed E-state index contributed by atoms with van der Waals surface area (Å²) in [6, 6.07) is 17.8. The van der Waals surface area contributed by atoms with Gasteiger partial charge >= 0.3 is 5.97 Å². The molecule has 0 bridgehead atoms. The SMILES string of the molecule is C=CCC[C@H](Cc1ccccc1)C(=O)O[C@@H](c1ccccc1)[C@H](COC)NC(=O)[C@@H](CC=C)CC(=O)N[C@H](C)CO. The molecular formula is C33H44N2O6. The van der Waals surface area contributed by atoms with Crippen molar-refractivity contribution in [1.82, 2.24) is 10.6 Å². The molecule has 0 saturated heterocycles. The quantitative estimate of drug-likeness (QED) is 0.173.